The van der Waals surface area contributed by atoms with Gasteiger partial charge in [0.2, 0.25) is 0 Å². The van der Waals surface area contributed by atoms with Gasteiger partial charge in [-0.2, -0.15) is 4.99 Å². The van der Waals surface area contributed by atoms with E-state index < -0.39 is 5.97 Å². The summed E-state index contributed by atoms with van der Waals surface area (Å²) in [5, 5.41) is 10.2. The number of aliphatic carboxylic acids is 1. The van der Waals surface area contributed by atoms with E-state index in [-0.39, 0.29) is 18.3 Å². The zero-order valence-corrected chi connectivity index (χ0v) is 18.9. The second kappa shape index (κ2) is 10.0. The third-order valence-corrected chi connectivity index (χ3v) is 5.83. The maximum atomic E-state index is 10.7. The molecule has 2 aromatic carbocycles. The predicted molar refractivity (Wildman–Crippen MR) is 131 cm³/mol. The first-order chi connectivity index (χ1) is 15.9. The molecule has 0 radical (unpaired) electrons. The fourth-order valence-corrected chi connectivity index (χ4v) is 4.18. The van der Waals surface area contributed by atoms with Gasteiger partial charge in [0.15, 0.2) is 5.96 Å². The second-order valence-electron chi connectivity index (χ2n) is 7.95. The molecule has 1 aliphatic heterocycles. The van der Waals surface area contributed by atoms with E-state index in [1.165, 1.54) is 0 Å². The van der Waals surface area contributed by atoms with Crippen LogP contribution in [0.15, 0.2) is 47.5 Å². The van der Waals surface area contributed by atoms with Crippen molar-refractivity contribution in [1.29, 1.82) is 0 Å². The van der Waals surface area contributed by atoms with Crippen molar-refractivity contribution in [3.05, 3.63) is 47.5 Å². The summed E-state index contributed by atoms with van der Waals surface area (Å²) < 4.78 is 0. The number of rotatable bonds is 7. The number of carboxylic acid groups (broad SMARTS) is 1. The third kappa shape index (κ3) is 5.68. The van der Waals surface area contributed by atoms with E-state index in [0.29, 0.717) is 22.7 Å². The average molecular weight is 468 g/mol. The van der Waals surface area contributed by atoms with Gasteiger partial charge in [-0.25, -0.2) is 9.97 Å². The van der Waals surface area contributed by atoms with Crippen LogP contribution >= 0.6 is 11.6 Å². The summed E-state index contributed by atoms with van der Waals surface area (Å²) >= 11 is 6.25. The number of piperazine rings is 1. The summed E-state index contributed by atoms with van der Waals surface area (Å²) in [6.07, 6.45) is 0.882. The van der Waals surface area contributed by atoms with Gasteiger partial charge in [-0.05, 0) is 43.3 Å². The first-order valence-electron chi connectivity index (χ1n) is 10.8. The Morgan fingerprint density at radius 2 is 1.88 bits per heavy atom. The summed E-state index contributed by atoms with van der Waals surface area (Å²) in [6.45, 7) is 4.33. The van der Waals surface area contributed by atoms with Crippen molar-refractivity contribution in [2.75, 3.05) is 37.6 Å². The highest BCUT2D eigenvalue weighted by Gasteiger charge is 2.18. The van der Waals surface area contributed by atoms with Crippen LogP contribution in [0, 0.1) is 0 Å². The molecule has 1 aromatic heterocycles. The molecule has 33 heavy (non-hydrogen) atoms. The van der Waals surface area contributed by atoms with E-state index in [0.717, 1.165) is 49.4 Å². The molecular formula is C23H26ClN7O2. The minimum atomic E-state index is -0.744. The third-order valence-electron chi connectivity index (χ3n) is 5.60. The summed E-state index contributed by atoms with van der Waals surface area (Å²) in [4.78, 5) is 28.4. The number of halogens is 1. The largest absolute Gasteiger partial charge is 0.481 e. The van der Waals surface area contributed by atoms with Gasteiger partial charge in [-0.3, -0.25) is 9.69 Å². The van der Waals surface area contributed by atoms with Crippen molar-refractivity contribution < 1.29 is 9.90 Å². The minimum absolute atomic E-state index is 0.107. The Morgan fingerprint density at radius 3 is 2.61 bits per heavy atom. The number of aromatic nitrogens is 2. The summed E-state index contributed by atoms with van der Waals surface area (Å²) in [6, 6.07) is 13.6. The zero-order valence-electron chi connectivity index (χ0n) is 18.1. The van der Waals surface area contributed by atoms with Crippen LogP contribution < -0.4 is 16.4 Å². The van der Waals surface area contributed by atoms with E-state index in [4.69, 9.17) is 28.2 Å². The number of hydrogen-bond acceptors (Lipinski definition) is 6. The minimum Gasteiger partial charge on any atom is -0.481 e. The van der Waals surface area contributed by atoms with Crippen molar-refractivity contribution in [2.24, 2.45) is 16.5 Å². The Hall–Kier alpha value is -3.43. The molecule has 0 saturated carbocycles. The van der Waals surface area contributed by atoms with E-state index in [2.05, 4.69) is 36.9 Å². The Morgan fingerprint density at radius 1 is 1.09 bits per heavy atom. The van der Waals surface area contributed by atoms with Crippen LogP contribution in [0.1, 0.15) is 12.8 Å². The molecule has 172 valence electrons. The molecule has 0 amide bonds. The number of carboxylic acids is 1. The van der Waals surface area contributed by atoms with Gasteiger partial charge in [0.1, 0.15) is 0 Å². The molecule has 1 aliphatic rings. The van der Waals surface area contributed by atoms with Crippen LogP contribution in [-0.4, -0.2) is 64.6 Å². The van der Waals surface area contributed by atoms with E-state index >= 15 is 0 Å². The highest BCUT2D eigenvalue weighted by atomic mass is 35.5. The Labute approximate surface area is 196 Å². The van der Waals surface area contributed by atoms with Gasteiger partial charge in [0.25, 0.3) is 5.95 Å². The number of benzene rings is 2. The van der Waals surface area contributed by atoms with Gasteiger partial charge < -0.3 is 21.5 Å². The van der Waals surface area contributed by atoms with Crippen LogP contribution in [-0.2, 0) is 4.79 Å². The number of guanidine groups is 1. The molecule has 9 nitrogen and oxygen atoms in total. The van der Waals surface area contributed by atoms with E-state index in [1.54, 1.807) is 6.07 Å². The molecule has 5 N–H and O–H groups in total. The lowest BCUT2D eigenvalue weighted by Gasteiger charge is -2.36. The van der Waals surface area contributed by atoms with Crippen molar-refractivity contribution in [3.63, 3.8) is 0 Å². The molecular weight excluding hydrogens is 442 g/mol. The molecule has 0 spiro atoms. The molecule has 2 heterocycles. The zero-order chi connectivity index (χ0) is 23.4. The summed E-state index contributed by atoms with van der Waals surface area (Å²) in [5.74, 6) is -0.656. The monoisotopic (exact) mass is 467 g/mol. The standard InChI is InChI=1S/C23H26ClN7O2/c24-16-6-7-19-18(14-16)21(28-23(27-19)29-22(25)26)15-3-1-4-17(13-15)31-11-9-30(10-12-31)8-2-5-20(32)33/h1,3-4,6-7,13-14H,2,5,8-12H2,(H,32,33)(H4,25,26,27,28,29). The molecule has 4 rings (SSSR count). The van der Waals surface area contributed by atoms with Gasteiger partial charge in [-0.1, -0.05) is 23.7 Å². The Kier molecular flexibility index (Phi) is 6.90. The Balaban J connectivity index is 1.59. The molecule has 0 aliphatic carbocycles. The Bertz CT molecular complexity index is 1190. The van der Waals surface area contributed by atoms with Gasteiger partial charge in [-0.15, -0.1) is 0 Å². The van der Waals surface area contributed by atoms with E-state index in [9.17, 15) is 4.79 Å². The molecule has 1 saturated heterocycles. The number of anilines is 1. The normalized spacial score (nSPS) is 14.4. The van der Waals surface area contributed by atoms with Crippen LogP contribution in [0.5, 0.6) is 0 Å². The average Bonchev–Trinajstić information content (AvgIpc) is 2.79. The van der Waals surface area contributed by atoms with Gasteiger partial charge in [0.05, 0.1) is 11.2 Å². The number of nitrogens with two attached hydrogens (primary N) is 2. The van der Waals surface area contributed by atoms with Crippen LogP contribution in [0.2, 0.25) is 5.02 Å². The molecule has 3 aromatic rings. The maximum Gasteiger partial charge on any atom is 0.303 e. The first-order valence-corrected chi connectivity index (χ1v) is 11.1. The van der Waals surface area contributed by atoms with Crippen LogP contribution in [0.4, 0.5) is 11.6 Å². The lowest BCUT2D eigenvalue weighted by molar-refractivity contribution is -0.137. The van der Waals surface area contributed by atoms with Crippen LogP contribution in [0.25, 0.3) is 22.2 Å². The smallest absolute Gasteiger partial charge is 0.303 e. The second-order valence-corrected chi connectivity index (χ2v) is 8.38. The van der Waals surface area contributed by atoms with Crippen molar-refractivity contribution >= 4 is 46.1 Å². The lowest BCUT2D eigenvalue weighted by atomic mass is 10.1. The molecule has 1 fully saturated rings. The molecule has 0 unspecified atom stereocenters. The predicted octanol–water partition coefficient (Wildman–Crippen LogP) is 2.84. The number of aliphatic imine (C=N–C) groups is 1. The van der Waals surface area contributed by atoms with Crippen molar-refractivity contribution in [1.82, 2.24) is 14.9 Å². The number of nitrogens with zero attached hydrogens (tertiary/aromatic N) is 5. The van der Waals surface area contributed by atoms with E-state index in [1.807, 2.05) is 24.3 Å². The fourth-order valence-electron chi connectivity index (χ4n) is 4.01. The van der Waals surface area contributed by atoms with Gasteiger partial charge >= 0.3 is 5.97 Å². The molecule has 10 heteroatoms. The van der Waals surface area contributed by atoms with Gasteiger partial charge in [0, 0.05) is 54.3 Å². The topological polar surface area (TPSA) is 134 Å². The van der Waals surface area contributed by atoms with Crippen molar-refractivity contribution in [3.8, 4) is 11.3 Å². The van der Waals surface area contributed by atoms with Crippen LogP contribution in [0.3, 0.4) is 0 Å². The quantitative estimate of drug-likeness (QED) is 0.356. The van der Waals surface area contributed by atoms with Crippen molar-refractivity contribution in [2.45, 2.75) is 12.8 Å². The maximum absolute atomic E-state index is 10.7. The molecule has 0 atom stereocenters. The number of hydrogen-bond donors (Lipinski definition) is 3. The number of carbonyl (C=O) groups is 1. The first kappa shape index (κ1) is 22.8. The number of fused-ring (bicyclic) bond motifs is 1. The lowest BCUT2D eigenvalue weighted by Crippen LogP contribution is -2.46. The summed E-state index contributed by atoms with van der Waals surface area (Å²) in [7, 11) is 0. The molecule has 0 bridgehead atoms. The highest BCUT2D eigenvalue weighted by molar-refractivity contribution is 6.31. The fraction of sp³-hybridized carbons (Fsp3) is 0.304. The highest BCUT2D eigenvalue weighted by Crippen LogP contribution is 2.32. The SMILES string of the molecule is NC(N)=Nc1nc(-c2cccc(N3CCN(CCCC(=O)O)CC3)c2)c2cc(Cl)ccc2n1. The summed E-state index contributed by atoms with van der Waals surface area (Å²) in [5.41, 5.74) is 14.5.